The van der Waals surface area contributed by atoms with Gasteiger partial charge in [-0.3, -0.25) is 4.98 Å². The number of nitrogens with one attached hydrogen (secondary N) is 1. The number of nitrogens with zero attached hydrogens (tertiary/aromatic N) is 3. The quantitative estimate of drug-likeness (QED) is 0.700. The molecule has 0 aliphatic rings. The standard InChI is InChI=1S/C13H6Cl2N4/c14-10-3-8(5-16)4-11(15)13(10)19-7-9-6-17-2-1-12(9)18-19/h1-4,6-7H/p+1. The van der Waals surface area contributed by atoms with Gasteiger partial charge < -0.3 is 0 Å². The van der Waals surface area contributed by atoms with Crippen LogP contribution in [0.25, 0.3) is 16.6 Å². The van der Waals surface area contributed by atoms with Gasteiger partial charge >= 0.3 is 0 Å². The van der Waals surface area contributed by atoms with Gasteiger partial charge in [0.1, 0.15) is 15.6 Å². The number of aromatic amines is 1. The molecule has 0 radical (unpaired) electrons. The summed E-state index contributed by atoms with van der Waals surface area (Å²) in [5, 5.41) is 13.8. The Kier molecular flexibility index (Phi) is 2.86. The molecule has 0 unspecified atom stereocenters. The minimum Gasteiger partial charge on any atom is -0.264 e. The number of rotatable bonds is 1. The van der Waals surface area contributed by atoms with Crippen LogP contribution < -0.4 is 4.68 Å². The molecule has 92 valence electrons. The number of H-pyrrole nitrogens is 1. The zero-order chi connectivity index (χ0) is 13.4. The molecule has 1 aromatic carbocycles. The van der Waals surface area contributed by atoms with Crippen molar-refractivity contribution in [3.63, 3.8) is 0 Å². The molecule has 2 heterocycles. The van der Waals surface area contributed by atoms with E-state index >= 15 is 0 Å². The van der Waals surface area contributed by atoms with Crippen LogP contribution >= 0.6 is 23.2 Å². The lowest BCUT2D eigenvalue weighted by molar-refractivity contribution is -0.652. The Hall–Kier alpha value is -2.09. The molecule has 0 aliphatic heterocycles. The Balaban J connectivity index is 2.24. The maximum atomic E-state index is 8.87. The Bertz CT molecular complexity index is 761. The first kappa shape index (κ1) is 12.0. The monoisotopic (exact) mass is 289 g/mol. The molecule has 6 heteroatoms. The SMILES string of the molecule is N#Cc1cc(Cl)c(-[n+]2cc3cnccc3[nH]2)c(Cl)c1. The number of fused-ring (bicyclic) bond motifs is 1. The van der Waals surface area contributed by atoms with Crippen molar-refractivity contribution >= 4 is 34.1 Å². The van der Waals surface area contributed by atoms with Gasteiger partial charge in [-0.1, -0.05) is 27.9 Å². The Morgan fingerprint density at radius 3 is 2.63 bits per heavy atom. The molecule has 3 aromatic rings. The van der Waals surface area contributed by atoms with Crippen molar-refractivity contribution in [3.05, 3.63) is 52.4 Å². The number of hydrogen-bond donors (Lipinski definition) is 1. The van der Waals surface area contributed by atoms with E-state index in [0.717, 1.165) is 10.9 Å². The highest BCUT2D eigenvalue weighted by Gasteiger charge is 2.20. The summed E-state index contributed by atoms with van der Waals surface area (Å²) in [6, 6.07) is 7.04. The first-order valence-electron chi connectivity index (χ1n) is 5.43. The van der Waals surface area contributed by atoms with Gasteiger partial charge in [-0.25, -0.2) is 0 Å². The predicted octanol–water partition coefficient (Wildman–Crippen LogP) is 3.02. The van der Waals surface area contributed by atoms with Crippen molar-refractivity contribution in [3.8, 4) is 11.8 Å². The van der Waals surface area contributed by atoms with Gasteiger partial charge in [0, 0.05) is 12.4 Å². The second kappa shape index (κ2) is 4.54. The number of benzene rings is 1. The number of hydrogen-bond acceptors (Lipinski definition) is 2. The molecule has 1 N–H and O–H groups in total. The lowest BCUT2D eigenvalue weighted by Crippen LogP contribution is -2.32. The van der Waals surface area contributed by atoms with E-state index in [-0.39, 0.29) is 0 Å². The molecule has 0 saturated carbocycles. The molecular formula is C13H7Cl2N4+. The third kappa shape index (κ3) is 2.03. The van der Waals surface area contributed by atoms with Crippen molar-refractivity contribution in [2.75, 3.05) is 0 Å². The zero-order valence-electron chi connectivity index (χ0n) is 9.56. The van der Waals surface area contributed by atoms with Crippen LogP contribution in [-0.4, -0.2) is 10.1 Å². The van der Waals surface area contributed by atoms with Gasteiger partial charge in [-0.15, -0.1) is 0 Å². The largest absolute Gasteiger partial charge is 0.272 e. The van der Waals surface area contributed by atoms with Crippen LogP contribution in [0.1, 0.15) is 5.56 Å². The normalized spacial score (nSPS) is 10.6. The molecule has 0 bridgehead atoms. The van der Waals surface area contributed by atoms with Gasteiger partial charge in [-0.2, -0.15) is 10.4 Å². The molecule has 0 amide bonds. The molecular weight excluding hydrogens is 283 g/mol. The summed E-state index contributed by atoms with van der Waals surface area (Å²) in [6.45, 7) is 0. The van der Waals surface area contributed by atoms with Crippen LogP contribution in [0, 0.1) is 11.3 Å². The molecule has 0 atom stereocenters. The summed E-state index contributed by atoms with van der Waals surface area (Å²) in [7, 11) is 0. The molecule has 0 aliphatic carbocycles. The van der Waals surface area contributed by atoms with Crippen LogP contribution in [0.15, 0.2) is 36.8 Å². The van der Waals surface area contributed by atoms with Gasteiger partial charge in [0.05, 0.1) is 17.0 Å². The van der Waals surface area contributed by atoms with E-state index < -0.39 is 0 Å². The summed E-state index contributed by atoms with van der Waals surface area (Å²) in [5.41, 5.74) is 1.96. The lowest BCUT2D eigenvalue weighted by Gasteiger charge is -1.98. The minimum atomic E-state index is 0.411. The fourth-order valence-corrected chi connectivity index (χ4v) is 2.56. The number of halogens is 2. The van der Waals surface area contributed by atoms with Crippen molar-refractivity contribution in [1.29, 1.82) is 5.26 Å². The van der Waals surface area contributed by atoms with E-state index in [1.165, 1.54) is 0 Å². The van der Waals surface area contributed by atoms with Crippen molar-refractivity contribution in [2.45, 2.75) is 0 Å². The topological polar surface area (TPSA) is 56.4 Å². The summed E-state index contributed by atoms with van der Waals surface area (Å²) in [4.78, 5) is 4.05. The summed E-state index contributed by atoms with van der Waals surface area (Å²) in [6.07, 6.45) is 5.29. The van der Waals surface area contributed by atoms with Gasteiger partial charge in [0.15, 0.2) is 0 Å². The molecule has 0 saturated heterocycles. The molecule has 0 fully saturated rings. The van der Waals surface area contributed by atoms with E-state index in [1.807, 2.05) is 18.3 Å². The van der Waals surface area contributed by atoms with Crippen molar-refractivity contribution in [1.82, 2.24) is 10.1 Å². The van der Waals surface area contributed by atoms with Crippen molar-refractivity contribution < 1.29 is 4.68 Å². The second-order valence-corrected chi connectivity index (χ2v) is 4.79. The van der Waals surface area contributed by atoms with Gasteiger partial charge in [0.25, 0.3) is 5.69 Å². The van der Waals surface area contributed by atoms with Crippen LogP contribution in [0.3, 0.4) is 0 Å². The highest BCUT2D eigenvalue weighted by molar-refractivity contribution is 6.37. The maximum absolute atomic E-state index is 8.87. The third-order valence-corrected chi connectivity index (χ3v) is 3.32. The molecule has 2 aromatic heterocycles. The number of aromatic nitrogens is 3. The fraction of sp³-hybridized carbons (Fsp3) is 0. The maximum Gasteiger partial charge on any atom is 0.272 e. The minimum absolute atomic E-state index is 0.411. The van der Waals surface area contributed by atoms with Gasteiger partial charge in [0.2, 0.25) is 6.20 Å². The first-order valence-corrected chi connectivity index (χ1v) is 6.18. The van der Waals surface area contributed by atoms with E-state index in [4.69, 9.17) is 28.5 Å². The fourth-order valence-electron chi connectivity index (χ4n) is 1.89. The van der Waals surface area contributed by atoms with Crippen molar-refractivity contribution in [2.24, 2.45) is 0 Å². The van der Waals surface area contributed by atoms with E-state index in [1.54, 1.807) is 29.2 Å². The van der Waals surface area contributed by atoms with Crippen LogP contribution in [0.5, 0.6) is 0 Å². The van der Waals surface area contributed by atoms with Crippen LogP contribution in [0.4, 0.5) is 0 Å². The number of nitriles is 1. The Morgan fingerprint density at radius 2 is 2.00 bits per heavy atom. The number of pyridine rings is 1. The van der Waals surface area contributed by atoms with E-state index in [0.29, 0.717) is 21.3 Å². The molecule has 4 nitrogen and oxygen atoms in total. The highest BCUT2D eigenvalue weighted by Crippen LogP contribution is 2.26. The zero-order valence-corrected chi connectivity index (χ0v) is 11.1. The van der Waals surface area contributed by atoms with E-state index in [9.17, 15) is 0 Å². The Morgan fingerprint density at radius 1 is 1.26 bits per heavy atom. The second-order valence-electron chi connectivity index (χ2n) is 3.97. The molecule has 3 rings (SSSR count). The summed E-state index contributed by atoms with van der Waals surface area (Å²) in [5.74, 6) is 0. The first-order chi connectivity index (χ1) is 9.19. The van der Waals surface area contributed by atoms with E-state index in [2.05, 4.69) is 10.1 Å². The average molecular weight is 290 g/mol. The third-order valence-electron chi connectivity index (χ3n) is 2.75. The lowest BCUT2D eigenvalue weighted by atomic mass is 10.2. The molecule has 0 spiro atoms. The highest BCUT2D eigenvalue weighted by atomic mass is 35.5. The summed E-state index contributed by atoms with van der Waals surface area (Å²) < 4.78 is 1.72. The van der Waals surface area contributed by atoms with Gasteiger partial charge in [-0.05, 0) is 18.2 Å². The summed E-state index contributed by atoms with van der Waals surface area (Å²) >= 11 is 12.4. The molecule has 19 heavy (non-hydrogen) atoms. The Labute approximate surface area is 118 Å². The smallest absolute Gasteiger partial charge is 0.264 e. The van der Waals surface area contributed by atoms with Crippen LogP contribution in [0.2, 0.25) is 10.0 Å². The predicted molar refractivity (Wildman–Crippen MR) is 72.4 cm³/mol. The average Bonchev–Trinajstić information content (AvgIpc) is 2.80. The van der Waals surface area contributed by atoms with Crippen LogP contribution in [-0.2, 0) is 0 Å².